The summed E-state index contributed by atoms with van der Waals surface area (Å²) in [4.78, 5) is 12.0. The molecule has 0 unspecified atom stereocenters. The van der Waals surface area contributed by atoms with E-state index in [4.69, 9.17) is 0 Å². The Balaban J connectivity index is 1.84. The summed E-state index contributed by atoms with van der Waals surface area (Å²) in [6, 6.07) is 19.3. The molecular weight excluding hydrogens is 334 g/mol. The monoisotopic (exact) mass is 347 g/mol. The van der Waals surface area contributed by atoms with Crippen LogP contribution in [0.2, 0.25) is 0 Å². The average molecular weight is 347 g/mol. The number of hydrogen-bond donors (Lipinski definition) is 0. The van der Waals surface area contributed by atoms with E-state index in [2.05, 4.69) is 4.40 Å². The number of carbonyl (C=O) groups is 1. The topological polar surface area (TPSA) is 63.6 Å². The Morgan fingerprint density at radius 3 is 2.20 bits per heavy atom. The summed E-state index contributed by atoms with van der Waals surface area (Å²) in [5, 5.41) is 1.79. The highest BCUT2D eigenvalue weighted by Gasteiger charge is 2.20. The highest BCUT2D eigenvalue weighted by molar-refractivity contribution is 7.90. The van der Waals surface area contributed by atoms with Crippen molar-refractivity contribution in [2.75, 3.05) is 0 Å². The van der Waals surface area contributed by atoms with E-state index in [1.165, 1.54) is 12.2 Å². The third-order valence-corrected chi connectivity index (χ3v) is 5.39. The molecule has 3 aromatic carbocycles. The standard InChI is InChI=1S/C20H13NO3S/c22-20-12-11-19(17-7-3-4-8-18(17)20)21-25(23,24)16-10-9-14-5-1-2-6-15(14)13-16/h1-13H/b21-19-. The van der Waals surface area contributed by atoms with Gasteiger partial charge in [0.05, 0.1) is 10.6 Å². The van der Waals surface area contributed by atoms with Gasteiger partial charge in [-0.2, -0.15) is 12.8 Å². The van der Waals surface area contributed by atoms with Crippen LogP contribution in [0.1, 0.15) is 15.9 Å². The number of fused-ring (bicyclic) bond motifs is 2. The lowest BCUT2D eigenvalue weighted by atomic mass is 9.95. The summed E-state index contributed by atoms with van der Waals surface area (Å²) in [7, 11) is -3.89. The molecule has 0 saturated carbocycles. The predicted molar refractivity (Wildman–Crippen MR) is 97.6 cm³/mol. The zero-order chi connectivity index (χ0) is 17.4. The number of nitrogens with zero attached hydrogens (tertiary/aromatic N) is 1. The molecule has 4 rings (SSSR count). The van der Waals surface area contributed by atoms with Crippen LogP contribution in [0.25, 0.3) is 10.8 Å². The molecule has 1 aliphatic carbocycles. The first-order valence-corrected chi connectivity index (χ1v) is 9.14. The van der Waals surface area contributed by atoms with E-state index in [0.29, 0.717) is 11.1 Å². The highest BCUT2D eigenvalue weighted by atomic mass is 32.2. The second kappa shape index (κ2) is 5.79. The second-order valence-corrected chi connectivity index (χ2v) is 7.31. The summed E-state index contributed by atoms with van der Waals surface area (Å²) >= 11 is 0. The molecule has 0 amide bonds. The van der Waals surface area contributed by atoms with E-state index in [0.717, 1.165) is 10.8 Å². The molecule has 0 spiro atoms. The summed E-state index contributed by atoms with van der Waals surface area (Å²) in [5.41, 5.74) is 1.25. The van der Waals surface area contributed by atoms with Crippen molar-refractivity contribution in [3.63, 3.8) is 0 Å². The number of sulfonamides is 1. The van der Waals surface area contributed by atoms with Gasteiger partial charge in [0, 0.05) is 11.1 Å². The Morgan fingerprint density at radius 2 is 1.40 bits per heavy atom. The summed E-state index contributed by atoms with van der Waals surface area (Å²) in [6.45, 7) is 0. The Bertz CT molecular complexity index is 1170. The minimum absolute atomic E-state index is 0.126. The van der Waals surface area contributed by atoms with Crippen LogP contribution >= 0.6 is 0 Å². The van der Waals surface area contributed by atoms with E-state index in [-0.39, 0.29) is 16.4 Å². The number of benzene rings is 3. The minimum Gasteiger partial charge on any atom is -0.289 e. The van der Waals surface area contributed by atoms with Crippen molar-refractivity contribution < 1.29 is 13.2 Å². The zero-order valence-electron chi connectivity index (χ0n) is 13.1. The number of carbonyl (C=O) groups excluding carboxylic acids is 1. The van der Waals surface area contributed by atoms with E-state index >= 15 is 0 Å². The van der Waals surface area contributed by atoms with E-state index in [1.54, 1.807) is 42.5 Å². The summed E-state index contributed by atoms with van der Waals surface area (Å²) < 4.78 is 29.4. The average Bonchev–Trinajstić information content (AvgIpc) is 2.64. The SMILES string of the molecule is O=C1C=C/C(=N/S(=O)(=O)c2ccc3ccccc3c2)c2ccccc21. The molecule has 5 heteroatoms. The molecule has 4 nitrogen and oxygen atoms in total. The Morgan fingerprint density at radius 1 is 0.720 bits per heavy atom. The van der Waals surface area contributed by atoms with Crippen molar-refractivity contribution >= 4 is 32.3 Å². The van der Waals surface area contributed by atoms with Gasteiger partial charge in [-0.05, 0) is 35.1 Å². The second-order valence-electron chi connectivity index (χ2n) is 5.70. The van der Waals surface area contributed by atoms with Gasteiger partial charge in [0.15, 0.2) is 5.78 Å². The Labute approximate surface area is 145 Å². The van der Waals surface area contributed by atoms with Crippen LogP contribution in [0.4, 0.5) is 0 Å². The molecule has 0 radical (unpaired) electrons. The Kier molecular flexibility index (Phi) is 3.58. The first-order chi connectivity index (χ1) is 12.0. The normalized spacial score (nSPS) is 15.5. The molecule has 3 aromatic rings. The lowest BCUT2D eigenvalue weighted by molar-refractivity contribution is 0.104. The van der Waals surface area contributed by atoms with Gasteiger partial charge >= 0.3 is 0 Å². The smallest absolute Gasteiger partial charge is 0.282 e. The van der Waals surface area contributed by atoms with Crippen LogP contribution in [-0.2, 0) is 10.0 Å². The maximum atomic E-state index is 12.7. The van der Waals surface area contributed by atoms with Gasteiger partial charge in [-0.25, -0.2) is 0 Å². The van der Waals surface area contributed by atoms with Crippen LogP contribution < -0.4 is 0 Å². The lowest BCUT2D eigenvalue weighted by Gasteiger charge is -2.11. The molecule has 0 fully saturated rings. The van der Waals surface area contributed by atoms with Crippen LogP contribution in [-0.4, -0.2) is 19.9 Å². The molecule has 122 valence electrons. The maximum absolute atomic E-state index is 12.7. The van der Waals surface area contributed by atoms with Gasteiger partial charge in [0.1, 0.15) is 0 Å². The van der Waals surface area contributed by atoms with Crippen LogP contribution in [0.5, 0.6) is 0 Å². The quantitative estimate of drug-likeness (QED) is 0.709. The number of rotatable bonds is 2. The summed E-state index contributed by atoms with van der Waals surface area (Å²) in [5.74, 6) is -0.155. The van der Waals surface area contributed by atoms with Crippen molar-refractivity contribution in [3.05, 3.63) is 90.0 Å². The molecule has 25 heavy (non-hydrogen) atoms. The molecule has 0 aromatic heterocycles. The highest BCUT2D eigenvalue weighted by Crippen LogP contribution is 2.23. The van der Waals surface area contributed by atoms with E-state index in [9.17, 15) is 13.2 Å². The lowest BCUT2D eigenvalue weighted by Crippen LogP contribution is -2.14. The van der Waals surface area contributed by atoms with E-state index < -0.39 is 10.0 Å². The largest absolute Gasteiger partial charge is 0.289 e. The van der Waals surface area contributed by atoms with Crippen molar-refractivity contribution in [1.29, 1.82) is 0 Å². The third kappa shape index (κ3) is 2.79. The molecular formula is C20H13NO3S. The minimum atomic E-state index is -3.89. The Hall–Kier alpha value is -3.05. The third-order valence-electron chi connectivity index (χ3n) is 4.10. The van der Waals surface area contributed by atoms with Crippen molar-refractivity contribution in [3.8, 4) is 0 Å². The number of hydrogen-bond acceptors (Lipinski definition) is 3. The van der Waals surface area contributed by atoms with Gasteiger partial charge in [0.2, 0.25) is 0 Å². The number of allylic oxidation sites excluding steroid dienone is 2. The van der Waals surface area contributed by atoms with E-state index in [1.807, 2.05) is 24.3 Å². The number of ketones is 1. The predicted octanol–water partition coefficient (Wildman–Crippen LogP) is 3.77. The fraction of sp³-hybridized carbons (Fsp3) is 0. The summed E-state index contributed by atoms with van der Waals surface area (Å²) in [6.07, 6.45) is 2.79. The van der Waals surface area contributed by atoms with Crippen molar-refractivity contribution in [2.24, 2.45) is 4.40 Å². The van der Waals surface area contributed by atoms with Crippen LogP contribution in [0.15, 0.2) is 88.2 Å². The maximum Gasteiger partial charge on any atom is 0.282 e. The first kappa shape index (κ1) is 15.5. The van der Waals surface area contributed by atoms with Gasteiger partial charge < -0.3 is 0 Å². The van der Waals surface area contributed by atoms with Crippen LogP contribution in [0, 0.1) is 0 Å². The molecule has 0 bridgehead atoms. The zero-order valence-corrected chi connectivity index (χ0v) is 13.9. The molecule has 0 N–H and O–H groups in total. The van der Waals surface area contributed by atoms with Gasteiger partial charge in [-0.1, -0.05) is 54.6 Å². The van der Waals surface area contributed by atoms with Crippen molar-refractivity contribution in [2.45, 2.75) is 4.90 Å². The first-order valence-electron chi connectivity index (χ1n) is 7.70. The van der Waals surface area contributed by atoms with Gasteiger partial charge in [0.25, 0.3) is 10.0 Å². The molecule has 1 aliphatic rings. The molecule has 0 saturated heterocycles. The molecule has 0 heterocycles. The van der Waals surface area contributed by atoms with Crippen molar-refractivity contribution in [1.82, 2.24) is 0 Å². The fourth-order valence-electron chi connectivity index (χ4n) is 2.85. The van der Waals surface area contributed by atoms with Gasteiger partial charge in [-0.3, -0.25) is 4.79 Å². The van der Waals surface area contributed by atoms with Crippen LogP contribution in [0.3, 0.4) is 0 Å². The van der Waals surface area contributed by atoms with Gasteiger partial charge in [-0.15, -0.1) is 0 Å². The molecule has 0 aliphatic heterocycles. The molecule has 0 atom stereocenters. The fourth-order valence-corrected chi connectivity index (χ4v) is 3.88.